The molecule has 3 rings (SSSR count). The van der Waals surface area contributed by atoms with Gasteiger partial charge >= 0.3 is 6.18 Å². The van der Waals surface area contributed by atoms with Crippen molar-refractivity contribution in [2.24, 2.45) is 0 Å². The van der Waals surface area contributed by atoms with Crippen LogP contribution in [0.25, 0.3) is 0 Å². The highest BCUT2D eigenvalue weighted by atomic mass is 19.4. The largest absolute Gasteiger partial charge is 0.419 e. The summed E-state index contributed by atoms with van der Waals surface area (Å²) >= 11 is 0. The average Bonchev–Trinajstić information content (AvgIpc) is 2.80. The minimum atomic E-state index is -4.93. The van der Waals surface area contributed by atoms with Gasteiger partial charge in [-0.2, -0.15) is 13.2 Å². The molecular formula is C18H12F4N2O3. The van der Waals surface area contributed by atoms with Crippen molar-refractivity contribution < 1.29 is 31.9 Å². The van der Waals surface area contributed by atoms with Gasteiger partial charge in [-0.25, -0.2) is 4.39 Å². The second-order valence-electron chi connectivity index (χ2n) is 5.99. The molecule has 1 heterocycles. The number of hydrogen-bond acceptors (Lipinski definition) is 3. The van der Waals surface area contributed by atoms with Gasteiger partial charge in [0.05, 0.1) is 16.7 Å². The number of rotatable bonds is 3. The molecule has 0 aliphatic carbocycles. The molecule has 0 radical (unpaired) electrons. The third-order valence-corrected chi connectivity index (χ3v) is 3.98. The van der Waals surface area contributed by atoms with E-state index in [4.69, 9.17) is 0 Å². The Labute approximate surface area is 150 Å². The minimum absolute atomic E-state index is 0.152. The fourth-order valence-electron chi connectivity index (χ4n) is 2.71. The van der Waals surface area contributed by atoms with E-state index in [0.717, 1.165) is 11.6 Å². The lowest BCUT2D eigenvalue weighted by Gasteiger charge is -2.15. The van der Waals surface area contributed by atoms with E-state index in [9.17, 15) is 31.9 Å². The van der Waals surface area contributed by atoms with Gasteiger partial charge in [0, 0.05) is 5.69 Å². The van der Waals surface area contributed by atoms with E-state index in [1.54, 1.807) is 13.0 Å². The van der Waals surface area contributed by atoms with Crippen LogP contribution < -0.4 is 5.32 Å². The summed E-state index contributed by atoms with van der Waals surface area (Å²) in [6, 6.07) is 6.60. The van der Waals surface area contributed by atoms with Gasteiger partial charge in [0.2, 0.25) is 5.91 Å². The molecule has 0 bridgehead atoms. The van der Waals surface area contributed by atoms with E-state index in [2.05, 4.69) is 5.32 Å². The lowest BCUT2D eigenvalue weighted by Crippen LogP contribution is -2.37. The van der Waals surface area contributed by atoms with Crippen molar-refractivity contribution in [1.82, 2.24) is 4.90 Å². The van der Waals surface area contributed by atoms with Crippen molar-refractivity contribution >= 4 is 23.4 Å². The normalized spacial score (nSPS) is 13.7. The van der Waals surface area contributed by atoms with Gasteiger partial charge in [-0.15, -0.1) is 0 Å². The quantitative estimate of drug-likeness (QED) is 0.656. The maximum absolute atomic E-state index is 13.3. The van der Waals surface area contributed by atoms with Crippen LogP contribution in [-0.4, -0.2) is 29.2 Å². The molecule has 27 heavy (non-hydrogen) atoms. The molecule has 5 nitrogen and oxygen atoms in total. The smallest absolute Gasteiger partial charge is 0.325 e. The molecule has 0 unspecified atom stereocenters. The Bertz CT molecular complexity index is 970. The van der Waals surface area contributed by atoms with Gasteiger partial charge < -0.3 is 5.32 Å². The minimum Gasteiger partial charge on any atom is -0.325 e. The van der Waals surface area contributed by atoms with Crippen LogP contribution in [-0.2, 0) is 11.0 Å². The SMILES string of the molecule is Cc1ccc2c(c1)C(=O)N(CC(=O)Nc1ccc(F)c(C(F)(F)F)c1)C2=O. The summed E-state index contributed by atoms with van der Waals surface area (Å²) in [6.45, 7) is 1.06. The Hall–Kier alpha value is -3.23. The van der Waals surface area contributed by atoms with E-state index in [0.29, 0.717) is 17.0 Å². The summed E-state index contributed by atoms with van der Waals surface area (Å²) < 4.78 is 51.5. The van der Waals surface area contributed by atoms with Gasteiger partial charge in [0.25, 0.3) is 11.8 Å². The van der Waals surface area contributed by atoms with Gasteiger partial charge in [0.1, 0.15) is 12.4 Å². The number of carbonyl (C=O) groups excluding carboxylic acids is 3. The molecule has 1 aliphatic rings. The zero-order valence-corrected chi connectivity index (χ0v) is 13.9. The Morgan fingerprint density at radius 2 is 1.70 bits per heavy atom. The van der Waals surface area contributed by atoms with Crippen LogP contribution in [0.15, 0.2) is 36.4 Å². The third kappa shape index (κ3) is 3.53. The van der Waals surface area contributed by atoms with E-state index in [1.165, 1.54) is 12.1 Å². The van der Waals surface area contributed by atoms with Crippen LogP contribution in [0.1, 0.15) is 31.8 Å². The zero-order valence-electron chi connectivity index (χ0n) is 13.9. The van der Waals surface area contributed by atoms with E-state index in [-0.39, 0.29) is 16.8 Å². The molecule has 3 amide bonds. The highest BCUT2D eigenvalue weighted by Gasteiger charge is 2.37. The van der Waals surface area contributed by atoms with Crippen LogP contribution in [0.4, 0.5) is 23.2 Å². The predicted molar refractivity (Wildman–Crippen MR) is 86.6 cm³/mol. The van der Waals surface area contributed by atoms with Gasteiger partial charge in [-0.1, -0.05) is 11.6 Å². The predicted octanol–water partition coefficient (Wildman–Crippen LogP) is 3.39. The number of nitrogens with zero attached hydrogens (tertiary/aromatic N) is 1. The number of hydrogen-bond donors (Lipinski definition) is 1. The molecule has 140 valence electrons. The molecule has 1 aliphatic heterocycles. The summed E-state index contributed by atoms with van der Waals surface area (Å²) in [5.74, 6) is -3.69. The Morgan fingerprint density at radius 3 is 2.37 bits per heavy atom. The molecule has 0 atom stereocenters. The maximum atomic E-state index is 13.3. The van der Waals surface area contributed by atoms with Crippen LogP contribution >= 0.6 is 0 Å². The summed E-state index contributed by atoms with van der Waals surface area (Å²) in [5.41, 5.74) is -0.765. The highest BCUT2D eigenvalue weighted by Crippen LogP contribution is 2.33. The number of benzene rings is 2. The Balaban J connectivity index is 1.76. The van der Waals surface area contributed by atoms with Gasteiger partial charge in [-0.05, 0) is 37.3 Å². The summed E-state index contributed by atoms with van der Waals surface area (Å²) in [6.07, 6.45) is -4.93. The molecule has 2 aromatic rings. The number of aryl methyl sites for hydroxylation is 1. The maximum Gasteiger partial charge on any atom is 0.419 e. The fourth-order valence-corrected chi connectivity index (χ4v) is 2.71. The fraction of sp³-hybridized carbons (Fsp3) is 0.167. The van der Waals surface area contributed by atoms with Crippen LogP contribution in [0.5, 0.6) is 0 Å². The zero-order chi connectivity index (χ0) is 19.9. The van der Waals surface area contributed by atoms with Crippen molar-refractivity contribution in [2.45, 2.75) is 13.1 Å². The number of anilines is 1. The summed E-state index contributed by atoms with van der Waals surface area (Å²) in [4.78, 5) is 37.4. The number of nitrogens with one attached hydrogen (secondary N) is 1. The third-order valence-electron chi connectivity index (χ3n) is 3.98. The lowest BCUT2D eigenvalue weighted by atomic mass is 10.1. The van der Waals surface area contributed by atoms with Crippen molar-refractivity contribution in [2.75, 3.05) is 11.9 Å². The monoisotopic (exact) mass is 380 g/mol. The number of imide groups is 1. The van der Waals surface area contributed by atoms with Gasteiger partial charge in [0.15, 0.2) is 0 Å². The first-order valence-electron chi connectivity index (χ1n) is 7.71. The van der Waals surface area contributed by atoms with E-state index in [1.807, 2.05) is 0 Å². The number of halogens is 4. The van der Waals surface area contributed by atoms with Crippen LogP contribution in [0.3, 0.4) is 0 Å². The lowest BCUT2D eigenvalue weighted by molar-refractivity contribution is -0.140. The Kier molecular flexibility index (Phi) is 4.46. The molecule has 0 spiro atoms. The number of fused-ring (bicyclic) bond motifs is 1. The first kappa shape index (κ1) is 18.6. The molecule has 2 aromatic carbocycles. The molecule has 0 aromatic heterocycles. The van der Waals surface area contributed by atoms with Gasteiger partial charge in [-0.3, -0.25) is 19.3 Å². The van der Waals surface area contributed by atoms with E-state index < -0.39 is 41.8 Å². The second-order valence-corrected chi connectivity index (χ2v) is 5.99. The highest BCUT2D eigenvalue weighted by molar-refractivity contribution is 6.22. The van der Waals surface area contributed by atoms with E-state index >= 15 is 0 Å². The average molecular weight is 380 g/mol. The molecule has 1 N–H and O–H groups in total. The molecule has 9 heteroatoms. The molecule has 0 saturated heterocycles. The molecule has 0 fully saturated rings. The number of carbonyl (C=O) groups is 3. The first-order chi connectivity index (χ1) is 12.6. The number of amides is 3. The van der Waals surface area contributed by atoms with Crippen molar-refractivity contribution in [3.63, 3.8) is 0 Å². The Morgan fingerprint density at radius 1 is 1.04 bits per heavy atom. The molecule has 0 saturated carbocycles. The first-order valence-corrected chi connectivity index (χ1v) is 7.71. The molecular weight excluding hydrogens is 368 g/mol. The van der Waals surface area contributed by atoms with Crippen molar-refractivity contribution in [3.8, 4) is 0 Å². The second kappa shape index (κ2) is 6.49. The standard InChI is InChI=1S/C18H12F4N2O3/c1-9-2-4-11-12(6-9)17(27)24(16(11)26)8-15(25)23-10-3-5-14(19)13(7-10)18(20,21)22/h2-7H,8H2,1H3,(H,23,25). The topological polar surface area (TPSA) is 66.5 Å². The van der Waals surface area contributed by atoms with Crippen LogP contribution in [0.2, 0.25) is 0 Å². The summed E-state index contributed by atoms with van der Waals surface area (Å²) in [7, 11) is 0. The summed E-state index contributed by atoms with van der Waals surface area (Å²) in [5, 5.41) is 2.14. The van der Waals surface area contributed by atoms with Crippen molar-refractivity contribution in [3.05, 3.63) is 64.5 Å². The van der Waals surface area contributed by atoms with Crippen molar-refractivity contribution in [1.29, 1.82) is 0 Å². The number of alkyl halides is 3. The van der Waals surface area contributed by atoms with Crippen LogP contribution in [0, 0.1) is 12.7 Å².